The van der Waals surface area contributed by atoms with Crippen molar-refractivity contribution in [3.8, 4) is 11.6 Å². The van der Waals surface area contributed by atoms with Crippen LogP contribution in [-0.4, -0.2) is 53.8 Å². The van der Waals surface area contributed by atoms with E-state index < -0.39 is 11.9 Å². The van der Waals surface area contributed by atoms with Crippen LogP contribution in [0.4, 0.5) is 4.39 Å². The van der Waals surface area contributed by atoms with Crippen molar-refractivity contribution in [1.29, 1.82) is 0 Å². The van der Waals surface area contributed by atoms with Gasteiger partial charge in [-0.2, -0.15) is 0 Å². The topological polar surface area (TPSA) is 71.9 Å². The van der Waals surface area contributed by atoms with Crippen LogP contribution in [0.15, 0.2) is 48.2 Å². The number of pyridine rings is 1. The van der Waals surface area contributed by atoms with E-state index in [1.54, 1.807) is 13.2 Å². The Hall–Kier alpha value is -3.19. The molecule has 6 nitrogen and oxygen atoms in total. The Morgan fingerprint density at radius 1 is 1.20 bits per heavy atom. The number of hydrogen-bond acceptors (Lipinski definition) is 5. The number of allylic oxidation sites excluding steroid dienone is 2. The molecule has 1 aromatic heterocycles. The summed E-state index contributed by atoms with van der Waals surface area (Å²) in [6, 6.07) is 8.06. The van der Waals surface area contributed by atoms with Crippen LogP contribution in [0.5, 0.6) is 11.6 Å². The summed E-state index contributed by atoms with van der Waals surface area (Å²) in [7, 11) is 1.55. The Bertz CT molecular complexity index is 1330. The summed E-state index contributed by atoms with van der Waals surface area (Å²) in [5.41, 5.74) is 5.05. The Balaban J connectivity index is 1.27. The molecule has 2 aliphatic heterocycles. The average molecular weight is 547 g/mol. The lowest BCUT2D eigenvalue weighted by atomic mass is 9.79. The molecule has 212 valence electrons. The molecule has 1 N–H and O–H groups in total. The number of rotatable bonds is 9. The van der Waals surface area contributed by atoms with Crippen molar-refractivity contribution >= 4 is 11.5 Å². The van der Waals surface area contributed by atoms with Crippen molar-refractivity contribution in [1.82, 2.24) is 9.88 Å². The van der Waals surface area contributed by atoms with Crippen molar-refractivity contribution in [2.75, 3.05) is 26.7 Å². The number of ether oxygens (including phenoxy) is 2. The van der Waals surface area contributed by atoms with Gasteiger partial charge in [-0.3, -0.25) is 4.79 Å². The Labute approximate surface area is 235 Å². The van der Waals surface area contributed by atoms with Gasteiger partial charge in [0.25, 0.3) is 0 Å². The maximum Gasteiger partial charge on any atom is 0.306 e. The lowest BCUT2D eigenvalue weighted by Crippen LogP contribution is -2.32. The molecule has 40 heavy (non-hydrogen) atoms. The molecule has 6 rings (SSSR count). The van der Waals surface area contributed by atoms with Crippen LogP contribution in [0, 0.1) is 23.6 Å². The second kappa shape index (κ2) is 11.4. The summed E-state index contributed by atoms with van der Waals surface area (Å²) < 4.78 is 27.0. The smallest absolute Gasteiger partial charge is 0.306 e. The van der Waals surface area contributed by atoms with Gasteiger partial charge in [0.15, 0.2) is 0 Å². The number of benzene rings is 1. The fourth-order valence-electron chi connectivity index (χ4n) is 6.97. The number of halogens is 1. The monoisotopic (exact) mass is 546 g/mol. The molecule has 1 saturated heterocycles. The first kappa shape index (κ1) is 27.0. The van der Waals surface area contributed by atoms with Crippen LogP contribution >= 0.6 is 0 Å². The van der Waals surface area contributed by atoms with Gasteiger partial charge in [-0.1, -0.05) is 31.2 Å². The molecular formula is C33H39FN2O4. The molecule has 0 amide bonds. The van der Waals surface area contributed by atoms with E-state index in [4.69, 9.17) is 9.47 Å². The number of carbonyl (C=O) groups is 1. The second-order valence-corrected chi connectivity index (χ2v) is 12.0. The lowest BCUT2D eigenvalue weighted by molar-refractivity contribution is -0.142. The van der Waals surface area contributed by atoms with E-state index in [1.807, 2.05) is 6.92 Å². The summed E-state index contributed by atoms with van der Waals surface area (Å²) in [6.07, 6.45) is 12.6. The van der Waals surface area contributed by atoms with Crippen molar-refractivity contribution in [2.24, 2.45) is 17.8 Å². The summed E-state index contributed by atoms with van der Waals surface area (Å²) in [5, 5.41) is 9.74. The number of nitrogens with zero attached hydrogens (tertiary/aromatic N) is 2. The zero-order chi connectivity index (χ0) is 27.8. The largest absolute Gasteiger partial charge is 0.486 e. The molecule has 7 heteroatoms. The van der Waals surface area contributed by atoms with E-state index in [0.717, 1.165) is 68.6 Å². The maximum atomic E-state index is 15.0. The standard InChI is InChI=1S/C33H39FN2O4/c1-20(33(37)38)32(22-6-7-22)24-8-5-21-10-12-29(40-30(21)16-24)23-9-11-26(25(15-23)19-36-13-3-4-14-36)27-17-31(39-2)35-18-28(27)34/h5,8-9,11,16-18,20,22,25,29,32H,3-4,6-7,10,12-15,19H2,1-2H3,(H,37,38)/t20-,25?,29?,32-/m0/s1. The van der Waals surface area contributed by atoms with Gasteiger partial charge in [-0.25, -0.2) is 9.37 Å². The first-order chi connectivity index (χ1) is 19.4. The maximum absolute atomic E-state index is 15.0. The van der Waals surface area contributed by atoms with Gasteiger partial charge < -0.3 is 19.5 Å². The zero-order valence-electron chi connectivity index (χ0n) is 23.4. The van der Waals surface area contributed by atoms with Gasteiger partial charge in [-0.15, -0.1) is 0 Å². The molecule has 2 aliphatic carbocycles. The molecule has 2 aromatic rings. The van der Waals surface area contributed by atoms with Crippen LogP contribution in [-0.2, 0) is 11.2 Å². The first-order valence-electron chi connectivity index (χ1n) is 14.8. The SMILES string of the molecule is COc1cc(C2=CC=C(C3CCc4ccc([C@H](C5CC5)[C@H](C)C(=O)O)cc4O3)CC2CN2CCCC2)c(F)cn1. The number of aliphatic carboxylic acids is 1. The van der Waals surface area contributed by atoms with E-state index in [0.29, 0.717) is 17.4 Å². The van der Waals surface area contributed by atoms with E-state index in [2.05, 4.69) is 40.2 Å². The third-order valence-electron chi connectivity index (χ3n) is 9.32. The molecule has 4 atom stereocenters. The van der Waals surface area contributed by atoms with Crippen molar-refractivity contribution in [2.45, 2.75) is 63.9 Å². The average Bonchev–Trinajstić information content (AvgIpc) is 3.67. The predicted molar refractivity (Wildman–Crippen MR) is 152 cm³/mol. The minimum Gasteiger partial charge on any atom is -0.486 e. The number of fused-ring (bicyclic) bond motifs is 1. The van der Waals surface area contributed by atoms with Gasteiger partial charge in [0, 0.05) is 24.1 Å². The molecular weight excluding hydrogens is 507 g/mol. The number of aryl methyl sites for hydroxylation is 1. The van der Waals surface area contributed by atoms with E-state index >= 15 is 4.39 Å². The Morgan fingerprint density at radius 2 is 2.00 bits per heavy atom. The number of carboxylic acid groups (broad SMARTS) is 1. The number of likely N-dealkylation sites (tertiary alicyclic amines) is 1. The lowest BCUT2D eigenvalue weighted by Gasteiger charge is -2.34. The highest BCUT2D eigenvalue weighted by Crippen LogP contribution is 2.48. The number of carboxylic acids is 1. The second-order valence-electron chi connectivity index (χ2n) is 12.0. The van der Waals surface area contributed by atoms with E-state index in [1.165, 1.54) is 30.2 Å². The third-order valence-corrected chi connectivity index (χ3v) is 9.32. The molecule has 2 unspecified atom stereocenters. The van der Waals surface area contributed by atoms with Gasteiger partial charge in [0.05, 0.1) is 19.2 Å². The van der Waals surface area contributed by atoms with E-state index in [9.17, 15) is 9.90 Å². The third kappa shape index (κ3) is 5.53. The highest BCUT2D eigenvalue weighted by molar-refractivity contribution is 5.72. The molecule has 2 fully saturated rings. The fraction of sp³-hybridized carbons (Fsp3) is 0.515. The molecule has 0 radical (unpaired) electrons. The molecule has 3 heterocycles. The zero-order valence-corrected chi connectivity index (χ0v) is 23.4. The van der Waals surface area contributed by atoms with Gasteiger partial charge >= 0.3 is 5.97 Å². The van der Waals surface area contributed by atoms with Crippen LogP contribution in [0.2, 0.25) is 0 Å². The quantitative estimate of drug-likeness (QED) is 0.400. The molecule has 0 bridgehead atoms. The number of methoxy groups -OCH3 is 1. The first-order valence-corrected chi connectivity index (χ1v) is 14.8. The van der Waals surface area contributed by atoms with Gasteiger partial charge in [-0.05, 0) is 98.2 Å². The minimum absolute atomic E-state index is 0.0169. The van der Waals surface area contributed by atoms with E-state index in [-0.39, 0.29) is 23.8 Å². The van der Waals surface area contributed by atoms with Crippen molar-refractivity contribution in [3.05, 3.63) is 70.7 Å². The number of aromatic nitrogens is 1. The highest BCUT2D eigenvalue weighted by atomic mass is 19.1. The Morgan fingerprint density at radius 3 is 2.73 bits per heavy atom. The van der Waals surface area contributed by atoms with Crippen LogP contribution < -0.4 is 9.47 Å². The van der Waals surface area contributed by atoms with Crippen molar-refractivity contribution < 1.29 is 23.8 Å². The molecule has 1 aromatic carbocycles. The number of hydrogen-bond donors (Lipinski definition) is 1. The summed E-state index contributed by atoms with van der Waals surface area (Å²) >= 11 is 0. The normalized spacial score (nSPS) is 24.4. The fourth-order valence-corrected chi connectivity index (χ4v) is 6.97. The minimum atomic E-state index is -0.740. The molecule has 0 spiro atoms. The van der Waals surface area contributed by atoms with Crippen LogP contribution in [0.3, 0.4) is 0 Å². The molecule has 1 saturated carbocycles. The van der Waals surface area contributed by atoms with Gasteiger partial charge in [0.1, 0.15) is 17.7 Å². The van der Waals surface area contributed by atoms with Gasteiger partial charge in [0.2, 0.25) is 5.88 Å². The predicted octanol–water partition coefficient (Wildman–Crippen LogP) is 6.26. The van der Waals surface area contributed by atoms with Crippen LogP contribution in [0.1, 0.15) is 68.1 Å². The summed E-state index contributed by atoms with van der Waals surface area (Å²) in [6.45, 7) is 4.87. The molecule has 4 aliphatic rings. The van der Waals surface area contributed by atoms with Crippen LogP contribution in [0.25, 0.3) is 5.57 Å². The summed E-state index contributed by atoms with van der Waals surface area (Å²) in [4.78, 5) is 18.4. The van der Waals surface area contributed by atoms with Crippen molar-refractivity contribution in [3.63, 3.8) is 0 Å². The summed E-state index contributed by atoms with van der Waals surface area (Å²) in [5.74, 6) is 0.405. The Kier molecular flexibility index (Phi) is 7.67. The highest BCUT2D eigenvalue weighted by Gasteiger charge is 2.39.